The van der Waals surface area contributed by atoms with Crippen LogP contribution in [-0.2, 0) is 9.59 Å². The largest absolute Gasteiger partial charge is 0.346 e. The van der Waals surface area contributed by atoms with Crippen molar-refractivity contribution in [3.63, 3.8) is 0 Å². The van der Waals surface area contributed by atoms with Crippen LogP contribution in [0.5, 0.6) is 0 Å². The highest BCUT2D eigenvalue weighted by atomic mass is 35.5. The summed E-state index contributed by atoms with van der Waals surface area (Å²) in [6.45, 7) is 3.41. The van der Waals surface area contributed by atoms with Crippen LogP contribution in [0.15, 0.2) is 18.2 Å². The van der Waals surface area contributed by atoms with Crippen LogP contribution in [-0.4, -0.2) is 24.4 Å². The average molecular weight is 338 g/mol. The zero-order valence-corrected chi connectivity index (χ0v) is 13.2. The molecule has 4 N–H and O–H groups in total. The van der Waals surface area contributed by atoms with Gasteiger partial charge in [0, 0.05) is 5.69 Å². The molecule has 0 bridgehead atoms. The Labute approximate surface area is 133 Å². The molecule has 1 aromatic carbocycles. The summed E-state index contributed by atoms with van der Waals surface area (Å²) in [4.78, 5) is 23.2. The molecule has 0 spiro atoms. The van der Waals surface area contributed by atoms with Crippen LogP contribution in [0.2, 0.25) is 5.02 Å². The first-order valence-electron chi connectivity index (χ1n) is 6.09. The van der Waals surface area contributed by atoms with E-state index in [9.17, 15) is 14.0 Å². The molecule has 0 saturated carbocycles. The molecule has 0 saturated heterocycles. The first-order valence-corrected chi connectivity index (χ1v) is 6.47. The summed E-state index contributed by atoms with van der Waals surface area (Å²) in [6.07, 6.45) is 0. The summed E-state index contributed by atoms with van der Waals surface area (Å²) in [5.41, 5.74) is 5.98. The van der Waals surface area contributed by atoms with Crippen molar-refractivity contribution in [2.45, 2.75) is 19.9 Å². The number of benzene rings is 1. The quantitative estimate of drug-likeness (QED) is 0.767. The minimum absolute atomic E-state index is 0. The highest BCUT2D eigenvalue weighted by molar-refractivity contribution is 6.31. The van der Waals surface area contributed by atoms with Gasteiger partial charge in [0.05, 0.1) is 17.6 Å². The minimum atomic E-state index is -0.664. The second kappa shape index (κ2) is 8.81. The summed E-state index contributed by atoms with van der Waals surface area (Å²) in [6, 6.07) is 3.14. The van der Waals surface area contributed by atoms with E-state index in [1.54, 1.807) is 0 Å². The highest BCUT2D eigenvalue weighted by Gasteiger charge is 2.17. The van der Waals surface area contributed by atoms with Gasteiger partial charge in [0.2, 0.25) is 11.8 Å². The number of nitrogens with one attached hydrogen (secondary N) is 2. The second-order valence-corrected chi connectivity index (χ2v) is 5.07. The zero-order chi connectivity index (χ0) is 15.3. The Hall–Kier alpha value is -1.37. The monoisotopic (exact) mass is 337 g/mol. The van der Waals surface area contributed by atoms with Crippen LogP contribution in [0.1, 0.15) is 13.8 Å². The number of hydrogen-bond donors (Lipinski definition) is 3. The molecule has 0 aliphatic heterocycles. The van der Waals surface area contributed by atoms with Crippen molar-refractivity contribution >= 4 is 41.5 Å². The van der Waals surface area contributed by atoms with E-state index in [0.29, 0.717) is 5.69 Å². The van der Waals surface area contributed by atoms with Gasteiger partial charge in [0.25, 0.3) is 0 Å². The maximum atomic E-state index is 12.9. The molecule has 21 heavy (non-hydrogen) atoms. The van der Waals surface area contributed by atoms with Gasteiger partial charge in [0.1, 0.15) is 5.82 Å². The number of anilines is 1. The summed E-state index contributed by atoms with van der Waals surface area (Å²) < 4.78 is 12.9. The van der Waals surface area contributed by atoms with Crippen molar-refractivity contribution < 1.29 is 14.0 Å². The standard InChI is InChI=1S/C13H17ClFN3O2.ClH/c1-7(2)12(16)13(20)17-6-11(19)18-8-3-4-10(15)9(14)5-8;/h3-5,7,12H,6,16H2,1-2H3,(H,17,20)(H,18,19);1H/t12-;/m0./s1. The number of nitrogens with two attached hydrogens (primary N) is 1. The number of rotatable bonds is 5. The molecule has 0 aromatic heterocycles. The zero-order valence-electron chi connectivity index (χ0n) is 11.7. The highest BCUT2D eigenvalue weighted by Crippen LogP contribution is 2.19. The van der Waals surface area contributed by atoms with Gasteiger partial charge < -0.3 is 16.4 Å². The third kappa shape index (κ3) is 6.29. The van der Waals surface area contributed by atoms with Crippen molar-refractivity contribution in [2.75, 3.05) is 11.9 Å². The van der Waals surface area contributed by atoms with E-state index in [-0.39, 0.29) is 29.9 Å². The van der Waals surface area contributed by atoms with E-state index in [0.717, 1.165) is 6.07 Å². The molecule has 0 aliphatic rings. The maximum Gasteiger partial charge on any atom is 0.243 e. The van der Waals surface area contributed by atoms with Crippen LogP contribution in [0, 0.1) is 11.7 Å². The van der Waals surface area contributed by atoms with Crippen molar-refractivity contribution in [3.05, 3.63) is 29.0 Å². The van der Waals surface area contributed by atoms with Gasteiger partial charge in [-0.1, -0.05) is 25.4 Å². The number of carbonyl (C=O) groups is 2. The van der Waals surface area contributed by atoms with Crippen LogP contribution in [0.25, 0.3) is 0 Å². The minimum Gasteiger partial charge on any atom is -0.346 e. The lowest BCUT2D eigenvalue weighted by Gasteiger charge is -2.15. The fraction of sp³-hybridized carbons (Fsp3) is 0.385. The number of carbonyl (C=O) groups excluding carboxylic acids is 2. The molecule has 0 heterocycles. The number of halogens is 3. The van der Waals surface area contributed by atoms with E-state index in [1.807, 2.05) is 13.8 Å². The molecule has 2 amide bonds. The Balaban J connectivity index is 0.00000400. The number of amides is 2. The fourth-order valence-corrected chi connectivity index (χ4v) is 1.55. The third-order valence-electron chi connectivity index (χ3n) is 2.65. The van der Waals surface area contributed by atoms with Gasteiger partial charge in [-0.05, 0) is 24.1 Å². The molecule has 118 valence electrons. The fourth-order valence-electron chi connectivity index (χ4n) is 1.37. The lowest BCUT2D eigenvalue weighted by atomic mass is 10.1. The van der Waals surface area contributed by atoms with Crippen LogP contribution in [0.3, 0.4) is 0 Å². The first-order chi connectivity index (χ1) is 9.31. The Bertz CT molecular complexity index is 512. The molecule has 1 rings (SSSR count). The Morgan fingerprint density at radius 3 is 2.52 bits per heavy atom. The second-order valence-electron chi connectivity index (χ2n) is 4.66. The molecule has 5 nitrogen and oxygen atoms in total. The third-order valence-corrected chi connectivity index (χ3v) is 2.94. The topological polar surface area (TPSA) is 84.2 Å². The molecular formula is C13H18Cl2FN3O2. The Morgan fingerprint density at radius 2 is 2.00 bits per heavy atom. The van der Waals surface area contributed by atoms with E-state index >= 15 is 0 Å². The predicted molar refractivity (Wildman–Crippen MR) is 83.1 cm³/mol. The van der Waals surface area contributed by atoms with E-state index in [1.165, 1.54) is 12.1 Å². The predicted octanol–water partition coefficient (Wildman–Crippen LogP) is 1.94. The summed E-state index contributed by atoms with van der Waals surface area (Å²) in [5.74, 6) is -1.43. The van der Waals surface area contributed by atoms with Gasteiger partial charge in [0.15, 0.2) is 0 Å². The molecule has 0 radical (unpaired) electrons. The van der Waals surface area contributed by atoms with E-state index in [4.69, 9.17) is 17.3 Å². The molecule has 8 heteroatoms. The average Bonchev–Trinajstić information content (AvgIpc) is 2.39. The van der Waals surface area contributed by atoms with Gasteiger partial charge in [-0.25, -0.2) is 4.39 Å². The molecule has 0 aliphatic carbocycles. The maximum absolute atomic E-state index is 12.9. The molecule has 0 fully saturated rings. The first kappa shape index (κ1) is 19.6. The molecule has 1 aromatic rings. The summed E-state index contributed by atoms with van der Waals surface area (Å²) in [5, 5.41) is 4.83. The van der Waals surface area contributed by atoms with Crippen molar-refractivity contribution in [2.24, 2.45) is 11.7 Å². The Morgan fingerprint density at radius 1 is 1.38 bits per heavy atom. The van der Waals surface area contributed by atoms with E-state index in [2.05, 4.69) is 10.6 Å². The lowest BCUT2D eigenvalue weighted by Crippen LogP contribution is -2.46. The van der Waals surface area contributed by atoms with Crippen LogP contribution >= 0.6 is 24.0 Å². The van der Waals surface area contributed by atoms with Crippen molar-refractivity contribution in [3.8, 4) is 0 Å². The smallest absolute Gasteiger partial charge is 0.243 e. The van der Waals surface area contributed by atoms with Gasteiger partial charge in [-0.15, -0.1) is 12.4 Å². The van der Waals surface area contributed by atoms with Gasteiger partial charge in [-0.2, -0.15) is 0 Å². The van der Waals surface area contributed by atoms with Crippen molar-refractivity contribution in [1.82, 2.24) is 5.32 Å². The van der Waals surface area contributed by atoms with Crippen LogP contribution in [0.4, 0.5) is 10.1 Å². The summed E-state index contributed by atoms with van der Waals surface area (Å²) in [7, 11) is 0. The van der Waals surface area contributed by atoms with E-state index < -0.39 is 23.7 Å². The normalized spacial score (nSPS) is 11.5. The summed E-state index contributed by atoms with van der Waals surface area (Å²) >= 11 is 5.59. The number of hydrogen-bond acceptors (Lipinski definition) is 3. The molecule has 0 unspecified atom stereocenters. The molecule has 1 atom stereocenters. The molecular weight excluding hydrogens is 320 g/mol. The van der Waals surface area contributed by atoms with Crippen LogP contribution < -0.4 is 16.4 Å². The van der Waals surface area contributed by atoms with Gasteiger partial charge >= 0.3 is 0 Å². The lowest BCUT2D eigenvalue weighted by molar-refractivity contribution is -0.125. The SMILES string of the molecule is CC(C)[C@H](N)C(=O)NCC(=O)Nc1ccc(F)c(Cl)c1.Cl. The van der Waals surface area contributed by atoms with Gasteiger partial charge in [-0.3, -0.25) is 9.59 Å². The Kier molecular flexibility index (Phi) is 8.24. The van der Waals surface area contributed by atoms with Crippen molar-refractivity contribution in [1.29, 1.82) is 0 Å².